The van der Waals surface area contributed by atoms with Crippen LogP contribution in [0.1, 0.15) is 30.6 Å². The molecule has 0 aliphatic rings. The van der Waals surface area contributed by atoms with Crippen molar-refractivity contribution in [3.63, 3.8) is 0 Å². The van der Waals surface area contributed by atoms with Crippen LogP contribution in [-0.4, -0.2) is 28.3 Å². The van der Waals surface area contributed by atoms with Crippen molar-refractivity contribution >= 4 is 22.8 Å². The monoisotopic (exact) mass is 382 g/mol. The van der Waals surface area contributed by atoms with E-state index < -0.39 is 0 Å². The number of hydrogen-bond donors (Lipinski definition) is 0. The lowest BCUT2D eigenvalue weighted by Gasteiger charge is -2.20. The Balaban J connectivity index is 2.34. The van der Waals surface area contributed by atoms with E-state index in [4.69, 9.17) is 21.6 Å². The standard InChI is InChI=1S/C20H19ClN4O2/c1-4-14(11-27-3)25-19-18(24-12(2)20(25)26)16(7-8-23-19)15-6-5-13(10-22)9-17(15)21/h5-9,14H,4,11H2,1-3H3/t14-/m1/s1. The fraction of sp³-hybridized carbons (Fsp3) is 0.300. The topological polar surface area (TPSA) is 80.8 Å². The number of hydrogen-bond acceptors (Lipinski definition) is 5. The number of rotatable bonds is 5. The smallest absolute Gasteiger partial charge is 0.273 e. The van der Waals surface area contributed by atoms with Crippen molar-refractivity contribution in [1.82, 2.24) is 14.5 Å². The summed E-state index contributed by atoms with van der Waals surface area (Å²) in [6, 6.07) is 8.85. The minimum absolute atomic E-state index is 0.147. The van der Waals surface area contributed by atoms with Crippen LogP contribution in [0.2, 0.25) is 5.02 Å². The number of aromatic nitrogens is 3. The number of aryl methyl sites for hydroxylation is 1. The lowest BCUT2D eigenvalue weighted by molar-refractivity contribution is 0.153. The Morgan fingerprint density at radius 2 is 2.11 bits per heavy atom. The zero-order valence-electron chi connectivity index (χ0n) is 15.4. The molecule has 0 N–H and O–H groups in total. The van der Waals surface area contributed by atoms with E-state index in [0.717, 1.165) is 17.5 Å². The average molecular weight is 383 g/mol. The molecule has 0 saturated heterocycles. The van der Waals surface area contributed by atoms with E-state index in [9.17, 15) is 4.79 Å². The van der Waals surface area contributed by atoms with Crippen LogP contribution < -0.4 is 5.56 Å². The molecular weight excluding hydrogens is 364 g/mol. The third-order valence-corrected chi connectivity index (χ3v) is 4.84. The maximum Gasteiger partial charge on any atom is 0.273 e. The Morgan fingerprint density at radius 1 is 1.33 bits per heavy atom. The first-order valence-electron chi connectivity index (χ1n) is 8.58. The van der Waals surface area contributed by atoms with Crippen LogP contribution in [0.3, 0.4) is 0 Å². The lowest BCUT2D eigenvalue weighted by atomic mass is 10.0. The first-order valence-corrected chi connectivity index (χ1v) is 8.96. The zero-order valence-corrected chi connectivity index (χ0v) is 16.1. The van der Waals surface area contributed by atoms with Gasteiger partial charge in [0.05, 0.1) is 24.3 Å². The van der Waals surface area contributed by atoms with Gasteiger partial charge in [0.2, 0.25) is 0 Å². The minimum atomic E-state index is -0.179. The molecule has 0 unspecified atom stereocenters. The fourth-order valence-electron chi connectivity index (χ4n) is 3.14. The molecule has 27 heavy (non-hydrogen) atoms. The molecule has 2 heterocycles. The molecule has 6 nitrogen and oxygen atoms in total. The Bertz CT molecular complexity index is 1100. The van der Waals surface area contributed by atoms with Gasteiger partial charge in [0.15, 0.2) is 5.65 Å². The molecule has 3 rings (SSSR count). The molecule has 3 aromatic rings. The molecule has 1 atom stereocenters. The predicted octanol–water partition coefficient (Wildman–Crippen LogP) is 3.89. The molecule has 1 aromatic carbocycles. The largest absolute Gasteiger partial charge is 0.383 e. The van der Waals surface area contributed by atoms with Crippen LogP contribution in [0, 0.1) is 18.3 Å². The highest BCUT2D eigenvalue weighted by Gasteiger charge is 2.20. The maximum absolute atomic E-state index is 12.8. The van der Waals surface area contributed by atoms with Gasteiger partial charge in [-0.15, -0.1) is 0 Å². The van der Waals surface area contributed by atoms with Gasteiger partial charge in [-0.2, -0.15) is 5.26 Å². The van der Waals surface area contributed by atoms with E-state index in [1.807, 2.05) is 13.0 Å². The normalized spacial score (nSPS) is 12.1. The second-order valence-corrected chi connectivity index (χ2v) is 6.63. The summed E-state index contributed by atoms with van der Waals surface area (Å²) in [5.74, 6) is 0. The minimum Gasteiger partial charge on any atom is -0.383 e. The molecule has 0 saturated carbocycles. The van der Waals surface area contributed by atoms with E-state index in [2.05, 4.69) is 16.0 Å². The Kier molecular flexibility index (Phi) is 5.54. The van der Waals surface area contributed by atoms with Gasteiger partial charge in [0.1, 0.15) is 11.2 Å². The third-order valence-electron chi connectivity index (χ3n) is 4.52. The second kappa shape index (κ2) is 7.87. The molecular formula is C20H19ClN4O2. The summed E-state index contributed by atoms with van der Waals surface area (Å²) in [6.45, 7) is 4.09. The van der Waals surface area contributed by atoms with E-state index in [-0.39, 0.29) is 11.6 Å². The van der Waals surface area contributed by atoms with E-state index in [1.54, 1.807) is 43.0 Å². The molecule has 0 amide bonds. The van der Waals surface area contributed by atoms with Gasteiger partial charge in [0, 0.05) is 29.5 Å². The maximum atomic E-state index is 12.8. The Labute approximate surface area is 162 Å². The molecule has 138 valence electrons. The summed E-state index contributed by atoms with van der Waals surface area (Å²) in [7, 11) is 1.61. The SMILES string of the molecule is CC[C@H](COC)n1c(=O)c(C)nc2c(-c3ccc(C#N)cc3Cl)ccnc21. The van der Waals surface area contributed by atoms with Crippen LogP contribution in [0.4, 0.5) is 0 Å². The first kappa shape index (κ1) is 19.0. The quantitative estimate of drug-likeness (QED) is 0.668. The number of pyridine rings is 1. The van der Waals surface area contributed by atoms with Crippen LogP contribution in [0.25, 0.3) is 22.3 Å². The second-order valence-electron chi connectivity index (χ2n) is 6.23. The number of nitrogens with zero attached hydrogens (tertiary/aromatic N) is 4. The van der Waals surface area contributed by atoms with Gasteiger partial charge >= 0.3 is 0 Å². The summed E-state index contributed by atoms with van der Waals surface area (Å²) in [5.41, 5.74) is 3.27. The van der Waals surface area contributed by atoms with Crippen molar-refractivity contribution in [2.75, 3.05) is 13.7 Å². The van der Waals surface area contributed by atoms with Crippen molar-refractivity contribution in [2.45, 2.75) is 26.3 Å². The van der Waals surface area contributed by atoms with Crippen molar-refractivity contribution in [1.29, 1.82) is 5.26 Å². The highest BCUT2D eigenvalue weighted by Crippen LogP contribution is 2.33. The van der Waals surface area contributed by atoms with Crippen LogP contribution in [-0.2, 0) is 4.74 Å². The van der Waals surface area contributed by atoms with Crippen LogP contribution >= 0.6 is 11.6 Å². The molecule has 0 bridgehead atoms. The van der Waals surface area contributed by atoms with Crippen molar-refractivity contribution < 1.29 is 4.74 Å². The van der Waals surface area contributed by atoms with Gasteiger partial charge in [-0.1, -0.05) is 24.6 Å². The summed E-state index contributed by atoms with van der Waals surface area (Å²) in [4.78, 5) is 21.7. The first-order chi connectivity index (χ1) is 13.0. The number of benzene rings is 1. The van der Waals surface area contributed by atoms with Crippen molar-refractivity contribution in [3.05, 3.63) is 57.1 Å². The van der Waals surface area contributed by atoms with Crippen LogP contribution in [0.5, 0.6) is 0 Å². The van der Waals surface area contributed by atoms with E-state index >= 15 is 0 Å². The van der Waals surface area contributed by atoms with Gasteiger partial charge in [-0.25, -0.2) is 9.97 Å². The third kappa shape index (κ3) is 3.44. The average Bonchev–Trinajstić information content (AvgIpc) is 2.67. The molecule has 2 aromatic heterocycles. The fourth-order valence-corrected chi connectivity index (χ4v) is 3.42. The molecule has 0 aliphatic carbocycles. The molecule has 0 spiro atoms. The van der Waals surface area contributed by atoms with Crippen LogP contribution in [0.15, 0.2) is 35.3 Å². The van der Waals surface area contributed by atoms with E-state index in [0.29, 0.717) is 34.1 Å². The molecule has 7 heteroatoms. The summed E-state index contributed by atoms with van der Waals surface area (Å²) in [5, 5.41) is 9.50. The van der Waals surface area contributed by atoms with Gasteiger partial charge < -0.3 is 4.74 Å². The molecule has 0 aliphatic heterocycles. The van der Waals surface area contributed by atoms with Gasteiger partial charge in [-0.3, -0.25) is 9.36 Å². The van der Waals surface area contributed by atoms with Crippen molar-refractivity contribution in [3.8, 4) is 17.2 Å². The summed E-state index contributed by atoms with van der Waals surface area (Å²) in [6.07, 6.45) is 2.36. The number of fused-ring (bicyclic) bond motifs is 1. The highest BCUT2D eigenvalue weighted by molar-refractivity contribution is 6.33. The summed E-state index contributed by atoms with van der Waals surface area (Å²) >= 11 is 6.41. The lowest BCUT2D eigenvalue weighted by Crippen LogP contribution is -2.30. The van der Waals surface area contributed by atoms with Gasteiger partial charge in [-0.05, 0) is 31.5 Å². The Hall–Kier alpha value is -2.75. The molecule has 0 fully saturated rings. The predicted molar refractivity (Wildman–Crippen MR) is 105 cm³/mol. The van der Waals surface area contributed by atoms with Gasteiger partial charge in [0.25, 0.3) is 5.56 Å². The Morgan fingerprint density at radius 3 is 2.74 bits per heavy atom. The van der Waals surface area contributed by atoms with Crippen molar-refractivity contribution in [2.24, 2.45) is 0 Å². The number of halogens is 1. The van der Waals surface area contributed by atoms with E-state index in [1.165, 1.54) is 0 Å². The molecule has 0 radical (unpaired) electrons. The number of methoxy groups -OCH3 is 1. The zero-order chi connectivity index (χ0) is 19.6. The highest BCUT2D eigenvalue weighted by atomic mass is 35.5. The summed E-state index contributed by atoms with van der Waals surface area (Å²) < 4.78 is 6.95. The number of ether oxygens (including phenoxy) is 1. The number of nitriles is 1.